The second-order valence-corrected chi connectivity index (χ2v) is 5.44. The Morgan fingerprint density at radius 1 is 1.47 bits per heavy atom. The summed E-state index contributed by atoms with van der Waals surface area (Å²) in [5.74, 6) is 0.783. The van der Waals surface area contributed by atoms with Crippen molar-refractivity contribution in [2.24, 2.45) is 5.92 Å². The minimum atomic E-state index is 0.469. The van der Waals surface area contributed by atoms with Crippen molar-refractivity contribution in [2.75, 3.05) is 6.54 Å². The van der Waals surface area contributed by atoms with Crippen LogP contribution in [0.2, 0.25) is 0 Å². The maximum Gasteiger partial charge on any atom is 0.0628 e. The Morgan fingerprint density at radius 2 is 2.29 bits per heavy atom. The molecule has 0 amide bonds. The lowest BCUT2D eigenvalue weighted by Gasteiger charge is -2.19. The molecule has 96 valence electrons. The highest BCUT2D eigenvalue weighted by atomic mass is 15.3. The lowest BCUT2D eigenvalue weighted by Crippen LogP contribution is -2.33. The fourth-order valence-electron chi connectivity index (χ4n) is 2.85. The lowest BCUT2D eigenvalue weighted by molar-refractivity contribution is 0.400. The molecule has 0 aromatic carbocycles. The van der Waals surface area contributed by atoms with Crippen LogP contribution in [0.4, 0.5) is 0 Å². The maximum atomic E-state index is 4.66. The second-order valence-electron chi connectivity index (χ2n) is 5.44. The number of nitrogens with zero attached hydrogens (tertiary/aromatic N) is 2. The Labute approximate surface area is 105 Å². The van der Waals surface area contributed by atoms with Gasteiger partial charge in [-0.15, -0.1) is 0 Å². The normalized spacial score (nSPS) is 24.7. The first-order valence-corrected chi connectivity index (χ1v) is 6.98. The average molecular weight is 235 g/mol. The van der Waals surface area contributed by atoms with Crippen LogP contribution in [0.5, 0.6) is 0 Å². The van der Waals surface area contributed by atoms with Gasteiger partial charge in [-0.25, -0.2) is 0 Å². The van der Waals surface area contributed by atoms with Crippen LogP contribution in [0.3, 0.4) is 0 Å². The Kier molecular flexibility index (Phi) is 4.21. The zero-order chi connectivity index (χ0) is 12.3. The highest BCUT2D eigenvalue weighted by Gasteiger charge is 2.27. The van der Waals surface area contributed by atoms with E-state index in [1.54, 1.807) is 0 Å². The SMILES string of the molecule is CCNC1CCCC1Cc1ccn(C(C)C)n1. The summed E-state index contributed by atoms with van der Waals surface area (Å²) in [7, 11) is 0. The van der Waals surface area contributed by atoms with Crippen LogP contribution in [0.25, 0.3) is 0 Å². The molecular formula is C14H25N3. The molecule has 1 aliphatic carbocycles. The summed E-state index contributed by atoms with van der Waals surface area (Å²) in [6.45, 7) is 7.63. The fourth-order valence-corrected chi connectivity index (χ4v) is 2.85. The monoisotopic (exact) mass is 235 g/mol. The van der Waals surface area contributed by atoms with Gasteiger partial charge in [-0.2, -0.15) is 5.10 Å². The lowest BCUT2D eigenvalue weighted by atomic mass is 9.98. The first-order chi connectivity index (χ1) is 8.20. The highest BCUT2D eigenvalue weighted by molar-refractivity contribution is 5.03. The van der Waals surface area contributed by atoms with Crippen LogP contribution in [-0.2, 0) is 6.42 Å². The Bertz CT molecular complexity index is 343. The quantitative estimate of drug-likeness (QED) is 0.850. The van der Waals surface area contributed by atoms with E-state index in [9.17, 15) is 0 Å². The molecule has 3 nitrogen and oxygen atoms in total. The van der Waals surface area contributed by atoms with Crippen molar-refractivity contribution in [3.8, 4) is 0 Å². The fraction of sp³-hybridized carbons (Fsp3) is 0.786. The van der Waals surface area contributed by atoms with Crippen molar-refractivity contribution in [1.82, 2.24) is 15.1 Å². The van der Waals surface area contributed by atoms with E-state index in [4.69, 9.17) is 0 Å². The molecule has 1 aromatic heterocycles. The van der Waals surface area contributed by atoms with Gasteiger partial charge in [-0.3, -0.25) is 4.68 Å². The van der Waals surface area contributed by atoms with E-state index in [0.29, 0.717) is 12.1 Å². The zero-order valence-electron chi connectivity index (χ0n) is 11.3. The molecule has 1 aliphatic rings. The van der Waals surface area contributed by atoms with Crippen LogP contribution < -0.4 is 5.32 Å². The minimum Gasteiger partial charge on any atom is -0.314 e. The van der Waals surface area contributed by atoms with E-state index in [1.807, 2.05) is 0 Å². The van der Waals surface area contributed by atoms with Gasteiger partial charge in [0.15, 0.2) is 0 Å². The Balaban J connectivity index is 1.94. The molecule has 1 heterocycles. The predicted molar refractivity (Wildman–Crippen MR) is 71.1 cm³/mol. The summed E-state index contributed by atoms with van der Waals surface area (Å²) >= 11 is 0. The van der Waals surface area contributed by atoms with Gasteiger partial charge in [0.25, 0.3) is 0 Å². The predicted octanol–water partition coefficient (Wildman–Crippen LogP) is 2.78. The van der Waals surface area contributed by atoms with Crippen molar-refractivity contribution in [1.29, 1.82) is 0 Å². The molecule has 2 unspecified atom stereocenters. The molecule has 1 saturated carbocycles. The highest BCUT2D eigenvalue weighted by Crippen LogP contribution is 2.28. The van der Waals surface area contributed by atoms with E-state index in [0.717, 1.165) is 18.9 Å². The molecule has 0 aliphatic heterocycles. The maximum absolute atomic E-state index is 4.66. The standard InChI is InChI=1S/C14H25N3/c1-4-15-14-7-5-6-12(14)10-13-8-9-17(16-13)11(2)3/h8-9,11-12,14-15H,4-7,10H2,1-3H3. The van der Waals surface area contributed by atoms with Crippen LogP contribution in [0, 0.1) is 5.92 Å². The zero-order valence-corrected chi connectivity index (χ0v) is 11.3. The molecule has 1 aromatic rings. The first kappa shape index (κ1) is 12.6. The number of hydrogen-bond donors (Lipinski definition) is 1. The van der Waals surface area contributed by atoms with E-state index in [2.05, 4.69) is 48.1 Å². The van der Waals surface area contributed by atoms with Crippen molar-refractivity contribution in [3.63, 3.8) is 0 Å². The van der Waals surface area contributed by atoms with Gasteiger partial charge in [-0.1, -0.05) is 13.3 Å². The van der Waals surface area contributed by atoms with Gasteiger partial charge in [0, 0.05) is 18.3 Å². The topological polar surface area (TPSA) is 29.9 Å². The Hall–Kier alpha value is -0.830. The van der Waals surface area contributed by atoms with Crippen LogP contribution in [0.15, 0.2) is 12.3 Å². The summed E-state index contributed by atoms with van der Waals surface area (Å²) in [5.41, 5.74) is 1.26. The molecule has 3 heteroatoms. The van der Waals surface area contributed by atoms with Crippen LogP contribution >= 0.6 is 0 Å². The van der Waals surface area contributed by atoms with E-state index in [-0.39, 0.29) is 0 Å². The summed E-state index contributed by atoms with van der Waals surface area (Å²) < 4.78 is 2.06. The summed E-state index contributed by atoms with van der Waals surface area (Å²) in [5, 5.41) is 8.27. The van der Waals surface area contributed by atoms with E-state index in [1.165, 1.54) is 25.0 Å². The first-order valence-electron chi connectivity index (χ1n) is 6.98. The minimum absolute atomic E-state index is 0.469. The number of aromatic nitrogens is 2. The average Bonchev–Trinajstić information content (AvgIpc) is 2.90. The Morgan fingerprint density at radius 3 is 2.94 bits per heavy atom. The summed E-state index contributed by atoms with van der Waals surface area (Å²) in [4.78, 5) is 0. The third kappa shape index (κ3) is 3.09. The van der Waals surface area contributed by atoms with Crippen molar-refractivity contribution in [2.45, 2.75) is 58.5 Å². The summed E-state index contributed by atoms with van der Waals surface area (Å²) in [6, 6.07) is 3.36. The molecule has 0 bridgehead atoms. The van der Waals surface area contributed by atoms with Gasteiger partial charge in [0.05, 0.1) is 5.69 Å². The van der Waals surface area contributed by atoms with Gasteiger partial charge >= 0.3 is 0 Å². The van der Waals surface area contributed by atoms with Gasteiger partial charge in [0.2, 0.25) is 0 Å². The van der Waals surface area contributed by atoms with E-state index < -0.39 is 0 Å². The smallest absolute Gasteiger partial charge is 0.0628 e. The number of nitrogens with one attached hydrogen (secondary N) is 1. The third-order valence-electron chi connectivity index (χ3n) is 3.79. The molecule has 17 heavy (non-hydrogen) atoms. The molecule has 0 spiro atoms. The molecular weight excluding hydrogens is 210 g/mol. The molecule has 0 saturated heterocycles. The van der Waals surface area contributed by atoms with Crippen molar-refractivity contribution in [3.05, 3.63) is 18.0 Å². The largest absolute Gasteiger partial charge is 0.314 e. The van der Waals surface area contributed by atoms with Gasteiger partial charge in [0.1, 0.15) is 0 Å². The van der Waals surface area contributed by atoms with Gasteiger partial charge < -0.3 is 5.32 Å². The number of hydrogen-bond acceptors (Lipinski definition) is 2. The van der Waals surface area contributed by atoms with Crippen LogP contribution in [0.1, 0.15) is 51.8 Å². The van der Waals surface area contributed by atoms with Gasteiger partial charge in [-0.05, 0) is 51.6 Å². The molecule has 1 fully saturated rings. The van der Waals surface area contributed by atoms with Crippen molar-refractivity contribution >= 4 is 0 Å². The van der Waals surface area contributed by atoms with Crippen molar-refractivity contribution < 1.29 is 0 Å². The number of rotatable bonds is 5. The summed E-state index contributed by atoms with van der Waals surface area (Å²) in [6.07, 6.45) is 7.30. The molecule has 1 N–H and O–H groups in total. The molecule has 0 radical (unpaired) electrons. The molecule has 2 atom stereocenters. The second kappa shape index (κ2) is 5.67. The van der Waals surface area contributed by atoms with E-state index >= 15 is 0 Å². The third-order valence-corrected chi connectivity index (χ3v) is 3.79. The van der Waals surface area contributed by atoms with Crippen LogP contribution in [-0.4, -0.2) is 22.4 Å². The molecule has 2 rings (SSSR count).